The number of carboxylic acids is 1. The van der Waals surface area contributed by atoms with Crippen LogP contribution in [-0.2, 0) is 17.6 Å². The number of aliphatic carboxylic acids is 1. The Kier molecular flexibility index (Phi) is 3.77. The Labute approximate surface area is 126 Å². The lowest BCUT2D eigenvalue weighted by Gasteiger charge is -2.23. The molecule has 1 N–H and O–H groups in total. The van der Waals surface area contributed by atoms with Crippen LogP contribution in [0.4, 0.5) is 0 Å². The maximum Gasteiger partial charge on any atom is 0.327 e. The van der Waals surface area contributed by atoms with Crippen LogP contribution in [0.3, 0.4) is 0 Å². The number of hydrogen-bond donors (Lipinski definition) is 1. The summed E-state index contributed by atoms with van der Waals surface area (Å²) in [5, 5.41) is 11.1. The summed E-state index contributed by atoms with van der Waals surface area (Å²) in [4.78, 5) is 26.7. The van der Waals surface area contributed by atoms with E-state index in [1.165, 1.54) is 27.1 Å². The van der Waals surface area contributed by atoms with Gasteiger partial charge in [0.2, 0.25) is 0 Å². The van der Waals surface area contributed by atoms with Crippen LogP contribution in [0.5, 0.6) is 0 Å². The van der Waals surface area contributed by atoms with E-state index in [9.17, 15) is 14.7 Å². The predicted octanol–water partition coefficient (Wildman–Crippen LogP) is 2.47. The molecule has 0 spiro atoms. The van der Waals surface area contributed by atoms with Gasteiger partial charge in [-0.05, 0) is 30.7 Å². The normalized spacial score (nSPS) is 25.6. The molecule has 1 aliphatic heterocycles. The fourth-order valence-electron chi connectivity index (χ4n) is 2.86. The zero-order chi connectivity index (χ0) is 14.3. The average Bonchev–Trinajstić information content (AvgIpc) is 3.03. The summed E-state index contributed by atoms with van der Waals surface area (Å²) in [5.74, 6) is 0.648. The highest BCUT2D eigenvalue weighted by molar-refractivity contribution is 7.99. The second-order valence-corrected chi connectivity index (χ2v) is 7.49. The Morgan fingerprint density at radius 1 is 1.45 bits per heavy atom. The Morgan fingerprint density at radius 2 is 2.25 bits per heavy atom. The quantitative estimate of drug-likeness (QED) is 0.911. The highest BCUT2D eigenvalue weighted by atomic mass is 32.2. The van der Waals surface area contributed by atoms with Crippen molar-refractivity contribution in [3.8, 4) is 0 Å². The van der Waals surface area contributed by atoms with Gasteiger partial charge in [-0.1, -0.05) is 6.92 Å². The van der Waals surface area contributed by atoms with Gasteiger partial charge in [-0.3, -0.25) is 4.79 Å². The molecule has 1 aromatic rings. The van der Waals surface area contributed by atoms with E-state index in [1.807, 2.05) is 5.38 Å². The summed E-state index contributed by atoms with van der Waals surface area (Å²) in [6, 6.07) is -0.675. The number of rotatable bonds is 2. The highest BCUT2D eigenvalue weighted by Gasteiger charge is 2.36. The summed E-state index contributed by atoms with van der Waals surface area (Å²) >= 11 is 3.16. The number of hydrogen-bond acceptors (Lipinski definition) is 4. The molecular formula is C14H17NO3S2. The summed E-state index contributed by atoms with van der Waals surface area (Å²) in [7, 11) is 0. The molecule has 2 aliphatic rings. The number of carboxylic acid groups (broad SMARTS) is 1. The lowest BCUT2D eigenvalue weighted by Crippen LogP contribution is -2.42. The zero-order valence-corrected chi connectivity index (χ0v) is 12.9. The van der Waals surface area contributed by atoms with E-state index in [0.717, 1.165) is 24.8 Å². The van der Waals surface area contributed by atoms with Crippen LogP contribution < -0.4 is 0 Å². The van der Waals surface area contributed by atoms with Crippen LogP contribution in [0.25, 0.3) is 0 Å². The van der Waals surface area contributed by atoms with Crippen LogP contribution in [0.2, 0.25) is 0 Å². The van der Waals surface area contributed by atoms with Crippen molar-refractivity contribution >= 4 is 35.0 Å². The summed E-state index contributed by atoms with van der Waals surface area (Å²) in [6.45, 7) is 2.24. The molecule has 0 aromatic carbocycles. The fourth-order valence-corrected chi connectivity index (χ4v) is 5.24. The first-order chi connectivity index (χ1) is 9.58. The van der Waals surface area contributed by atoms with E-state index in [-0.39, 0.29) is 5.91 Å². The molecule has 1 amide bonds. The van der Waals surface area contributed by atoms with Crippen molar-refractivity contribution in [1.29, 1.82) is 0 Å². The molecule has 108 valence electrons. The summed E-state index contributed by atoms with van der Waals surface area (Å²) < 4.78 is 0. The van der Waals surface area contributed by atoms with Gasteiger partial charge in [0.15, 0.2) is 0 Å². The van der Waals surface area contributed by atoms with Crippen LogP contribution in [-0.4, -0.2) is 39.6 Å². The molecule has 0 bridgehead atoms. The molecule has 1 saturated heterocycles. The van der Waals surface area contributed by atoms with Crippen LogP contribution in [0.1, 0.15) is 34.1 Å². The van der Waals surface area contributed by atoms with E-state index < -0.39 is 12.0 Å². The van der Waals surface area contributed by atoms with Crippen LogP contribution >= 0.6 is 23.1 Å². The first-order valence-corrected chi connectivity index (χ1v) is 8.82. The van der Waals surface area contributed by atoms with Crippen LogP contribution in [0.15, 0.2) is 5.38 Å². The van der Waals surface area contributed by atoms with Crippen LogP contribution in [0, 0.1) is 5.92 Å². The lowest BCUT2D eigenvalue weighted by molar-refractivity contribution is -0.140. The molecule has 1 fully saturated rings. The smallest absolute Gasteiger partial charge is 0.327 e. The Morgan fingerprint density at radius 3 is 3.00 bits per heavy atom. The molecule has 0 radical (unpaired) electrons. The van der Waals surface area contributed by atoms with Crippen molar-refractivity contribution in [2.24, 2.45) is 5.92 Å². The van der Waals surface area contributed by atoms with Crippen molar-refractivity contribution in [3.63, 3.8) is 0 Å². The third-order valence-corrected chi connectivity index (χ3v) is 6.12. The third kappa shape index (κ3) is 2.35. The minimum atomic E-state index is -0.902. The number of carbonyl (C=O) groups excluding carboxylic acids is 1. The second-order valence-electron chi connectivity index (χ2n) is 5.53. The van der Waals surface area contributed by atoms with Crippen molar-refractivity contribution in [3.05, 3.63) is 21.4 Å². The maximum atomic E-state index is 12.6. The van der Waals surface area contributed by atoms with E-state index >= 15 is 0 Å². The molecule has 20 heavy (non-hydrogen) atoms. The summed E-state index contributed by atoms with van der Waals surface area (Å²) in [5.41, 5.74) is 1.91. The molecule has 1 aliphatic carbocycles. The number of thioether (sulfide) groups is 1. The van der Waals surface area contributed by atoms with Gasteiger partial charge in [0, 0.05) is 16.0 Å². The Balaban J connectivity index is 1.86. The number of nitrogens with zero attached hydrogens (tertiary/aromatic N) is 1. The predicted molar refractivity (Wildman–Crippen MR) is 80.4 cm³/mol. The fraction of sp³-hybridized carbons (Fsp3) is 0.571. The van der Waals surface area contributed by atoms with Gasteiger partial charge in [-0.15, -0.1) is 23.1 Å². The molecule has 2 heterocycles. The zero-order valence-electron chi connectivity index (χ0n) is 11.3. The number of thiophene rings is 1. The van der Waals surface area contributed by atoms with Gasteiger partial charge < -0.3 is 10.0 Å². The SMILES string of the molecule is CC1CCc2c(C(=O)N3CSC[C@H]3C(=O)O)csc2C1. The van der Waals surface area contributed by atoms with Crippen molar-refractivity contribution in [2.45, 2.75) is 32.2 Å². The minimum absolute atomic E-state index is 0.102. The third-order valence-electron chi connectivity index (χ3n) is 4.06. The molecular weight excluding hydrogens is 294 g/mol. The molecule has 3 rings (SSSR count). The maximum absolute atomic E-state index is 12.6. The molecule has 2 atom stereocenters. The molecule has 1 aromatic heterocycles. The topological polar surface area (TPSA) is 57.6 Å². The standard InChI is InChI=1S/C14H17NO3S2/c1-8-2-3-9-10(5-20-12(9)4-8)13(16)15-7-19-6-11(15)14(17)18/h5,8,11H,2-4,6-7H2,1H3,(H,17,18)/t8?,11-/m0/s1. The second kappa shape index (κ2) is 5.41. The molecule has 4 nitrogen and oxygen atoms in total. The Bertz CT molecular complexity index is 555. The number of amides is 1. The van der Waals surface area contributed by atoms with E-state index in [4.69, 9.17) is 0 Å². The van der Waals surface area contributed by atoms with Crippen molar-refractivity contribution in [2.75, 3.05) is 11.6 Å². The van der Waals surface area contributed by atoms with Crippen molar-refractivity contribution in [1.82, 2.24) is 4.90 Å². The largest absolute Gasteiger partial charge is 0.480 e. The monoisotopic (exact) mass is 311 g/mol. The molecule has 6 heteroatoms. The number of fused-ring (bicyclic) bond motifs is 1. The van der Waals surface area contributed by atoms with E-state index in [2.05, 4.69) is 6.92 Å². The molecule has 1 unspecified atom stereocenters. The van der Waals surface area contributed by atoms with Gasteiger partial charge in [0.05, 0.1) is 11.4 Å². The van der Waals surface area contributed by atoms with Gasteiger partial charge in [0.25, 0.3) is 5.91 Å². The minimum Gasteiger partial charge on any atom is -0.480 e. The van der Waals surface area contributed by atoms with Gasteiger partial charge in [-0.25, -0.2) is 4.79 Å². The first kappa shape index (κ1) is 13.9. The lowest BCUT2D eigenvalue weighted by atomic mass is 9.88. The van der Waals surface area contributed by atoms with E-state index in [0.29, 0.717) is 17.5 Å². The van der Waals surface area contributed by atoms with E-state index in [1.54, 1.807) is 11.3 Å². The van der Waals surface area contributed by atoms with Gasteiger partial charge in [0.1, 0.15) is 6.04 Å². The van der Waals surface area contributed by atoms with Crippen molar-refractivity contribution < 1.29 is 14.7 Å². The van der Waals surface area contributed by atoms with Gasteiger partial charge in [-0.2, -0.15) is 0 Å². The first-order valence-electron chi connectivity index (χ1n) is 6.78. The average molecular weight is 311 g/mol. The molecule has 0 saturated carbocycles. The number of carbonyl (C=O) groups is 2. The Hall–Kier alpha value is -1.01. The highest BCUT2D eigenvalue weighted by Crippen LogP contribution is 2.34. The van der Waals surface area contributed by atoms with Gasteiger partial charge >= 0.3 is 5.97 Å². The summed E-state index contributed by atoms with van der Waals surface area (Å²) in [6.07, 6.45) is 3.10.